The van der Waals surface area contributed by atoms with Crippen LogP contribution in [0.2, 0.25) is 0 Å². The van der Waals surface area contributed by atoms with Gasteiger partial charge in [0.05, 0.1) is 0 Å². The summed E-state index contributed by atoms with van der Waals surface area (Å²) in [6.45, 7) is 5.59. The summed E-state index contributed by atoms with van der Waals surface area (Å²) in [4.78, 5) is 0. The molecule has 0 aromatic carbocycles. The van der Waals surface area contributed by atoms with Crippen LogP contribution in [0, 0.1) is 0 Å². The lowest BCUT2D eigenvalue weighted by Gasteiger charge is -2.11. The molecule has 0 aliphatic heterocycles. The minimum atomic E-state index is -0.0918. The minimum Gasteiger partial charge on any atom is -0.364 e. The fraction of sp³-hybridized carbons (Fsp3) is 1.00. The molecule has 98 valence electrons. The van der Waals surface area contributed by atoms with Crippen LogP contribution >= 0.6 is 0 Å². The molecule has 2 atom stereocenters. The van der Waals surface area contributed by atoms with Crippen molar-refractivity contribution >= 4 is 0 Å². The van der Waals surface area contributed by atoms with Crippen molar-refractivity contribution in [2.75, 3.05) is 13.2 Å². The molecule has 0 aromatic rings. The average Bonchev–Trinajstić information content (AvgIpc) is 2.31. The van der Waals surface area contributed by atoms with Gasteiger partial charge in [-0.05, 0) is 25.7 Å². The van der Waals surface area contributed by atoms with Gasteiger partial charge in [0.25, 0.3) is 0 Å². The Balaban J connectivity index is 3.04. The molecule has 0 aromatic heterocycles. The van der Waals surface area contributed by atoms with Gasteiger partial charge in [0.1, 0.15) is 12.5 Å². The Morgan fingerprint density at radius 2 is 1.12 bits per heavy atom. The summed E-state index contributed by atoms with van der Waals surface area (Å²) >= 11 is 0. The summed E-state index contributed by atoms with van der Waals surface area (Å²) in [6.07, 6.45) is 6.06. The molecule has 2 unspecified atom stereocenters. The number of hydrogen-bond acceptors (Lipinski definition) is 4. The molecular weight excluding hydrogens is 204 g/mol. The number of ether oxygens (including phenoxy) is 2. The molecule has 0 heterocycles. The smallest absolute Gasteiger partial charge is 0.105 e. The van der Waals surface area contributed by atoms with Crippen molar-refractivity contribution in [1.82, 2.24) is 0 Å². The molecule has 0 saturated carbocycles. The van der Waals surface area contributed by atoms with Crippen molar-refractivity contribution in [2.24, 2.45) is 11.5 Å². The maximum absolute atomic E-state index is 5.63. The summed E-state index contributed by atoms with van der Waals surface area (Å²) in [7, 11) is 0. The summed E-state index contributed by atoms with van der Waals surface area (Å²) in [5, 5.41) is 0. The lowest BCUT2D eigenvalue weighted by Crippen LogP contribution is -2.23. The molecule has 4 N–H and O–H groups in total. The molecule has 0 fully saturated rings. The van der Waals surface area contributed by atoms with Crippen LogP contribution in [-0.4, -0.2) is 25.7 Å². The van der Waals surface area contributed by atoms with E-state index in [1.54, 1.807) is 0 Å². The highest BCUT2D eigenvalue weighted by Gasteiger charge is 1.99. The molecule has 0 rings (SSSR count). The molecule has 0 radical (unpaired) electrons. The van der Waals surface area contributed by atoms with Crippen LogP contribution in [0.3, 0.4) is 0 Å². The number of nitrogens with two attached hydrogens (primary N) is 2. The van der Waals surface area contributed by atoms with Crippen molar-refractivity contribution in [3.05, 3.63) is 0 Å². The molecule has 0 amide bonds. The quantitative estimate of drug-likeness (QED) is 0.422. The molecule has 0 spiro atoms. The number of unbranched alkanes of at least 4 members (excludes halogenated alkanes) is 3. The monoisotopic (exact) mass is 232 g/mol. The molecule has 4 heteroatoms. The summed E-state index contributed by atoms with van der Waals surface area (Å²) in [5.41, 5.74) is 11.3. The van der Waals surface area contributed by atoms with Crippen LogP contribution in [0.15, 0.2) is 0 Å². The lowest BCUT2D eigenvalue weighted by atomic mass is 10.2. The molecular formula is C12H28N2O2. The highest BCUT2D eigenvalue weighted by molar-refractivity contribution is 4.47. The molecule has 0 saturated heterocycles. The van der Waals surface area contributed by atoms with Crippen molar-refractivity contribution in [1.29, 1.82) is 0 Å². The fourth-order valence-corrected chi connectivity index (χ4v) is 1.26. The number of rotatable bonds is 11. The summed E-state index contributed by atoms with van der Waals surface area (Å²) < 4.78 is 10.8. The van der Waals surface area contributed by atoms with Gasteiger partial charge in [-0.3, -0.25) is 0 Å². The fourth-order valence-electron chi connectivity index (χ4n) is 1.26. The third kappa shape index (κ3) is 10.4. The Kier molecular flexibility index (Phi) is 11.2. The maximum atomic E-state index is 5.63. The second-order valence-corrected chi connectivity index (χ2v) is 4.05. The van der Waals surface area contributed by atoms with Crippen LogP contribution in [0.4, 0.5) is 0 Å². The Morgan fingerprint density at radius 3 is 1.44 bits per heavy atom. The third-order valence-electron chi connectivity index (χ3n) is 2.51. The predicted molar refractivity (Wildman–Crippen MR) is 66.9 cm³/mol. The minimum absolute atomic E-state index is 0.0918. The van der Waals surface area contributed by atoms with Gasteiger partial charge in [0.15, 0.2) is 0 Å². The lowest BCUT2D eigenvalue weighted by molar-refractivity contribution is 0.0464. The third-order valence-corrected chi connectivity index (χ3v) is 2.51. The van der Waals surface area contributed by atoms with Gasteiger partial charge < -0.3 is 20.9 Å². The first-order valence-corrected chi connectivity index (χ1v) is 6.45. The van der Waals surface area contributed by atoms with Gasteiger partial charge in [-0.15, -0.1) is 0 Å². The van der Waals surface area contributed by atoms with Gasteiger partial charge in [0.2, 0.25) is 0 Å². The largest absolute Gasteiger partial charge is 0.364 e. The normalized spacial score (nSPS) is 15.0. The SMILES string of the molecule is CCC(N)OCCCCCCOC(N)CC. The van der Waals surface area contributed by atoms with E-state index in [-0.39, 0.29) is 12.5 Å². The van der Waals surface area contributed by atoms with Crippen molar-refractivity contribution in [3.8, 4) is 0 Å². The Morgan fingerprint density at radius 1 is 0.750 bits per heavy atom. The average molecular weight is 232 g/mol. The zero-order valence-corrected chi connectivity index (χ0v) is 10.8. The van der Waals surface area contributed by atoms with Crippen molar-refractivity contribution in [2.45, 2.75) is 64.8 Å². The van der Waals surface area contributed by atoms with E-state index in [2.05, 4.69) is 0 Å². The first-order valence-electron chi connectivity index (χ1n) is 6.45. The van der Waals surface area contributed by atoms with E-state index in [0.29, 0.717) is 0 Å². The first kappa shape index (κ1) is 15.8. The molecule has 4 nitrogen and oxygen atoms in total. The Hall–Kier alpha value is -0.160. The van der Waals surface area contributed by atoms with E-state index in [4.69, 9.17) is 20.9 Å². The summed E-state index contributed by atoms with van der Waals surface area (Å²) in [5.74, 6) is 0. The highest BCUT2D eigenvalue weighted by atomic mass is 16.5. The van der Waals surface area contributed by atoms with Crippen LogP contribution in [0.1, 0.15) is 52.4 Å². The first-order chi connectivity index (χ1) is 7.70. The standard InChI is InChI=1S/C12H28N2O2/c1-3-11(13)15-9-7-5-6-8-10-16-12(14)4-2/h11-12H,3-10,13-14H2,1-2H3. The molecule has 0 aliphatic carbocycles. The number of hydrogen-bond donors (Lipinski definition) is 2. The Bertz CT molecular complexity index is 129. The van der Waals surface area contributed by atoms with Gasteiger partial charge in [-0.1, -0.05) is 26.7 Å². The van der Waals surface area contributed by atoms with Crippen LogP contribution < -0.4 is 11.5 Å². The maximum Gasteiger partial charge on any atom is 0.105 e. The van der Waals surface area contributed by atoms with Gasteiger partial charge in [-0.2, -0.15) is 0 Å². The van der Waals surface area contributed by atoms with E-state index in [1.165, 1.54) is 12.8 Å². The topological polar surface area (TPSA) is 70.5 Å². The van der Waals surface area contributed by atoms with Gasteiger partial charge >= 0.3 is 0 Å². The molecule has 0 aliphatic rings. The predicted octanol–water partition coefficient (Wildman–Crippen LogP) is 1.97. The zero-order chi connectivity index (χ0) is 12.2. The highest BCUT2D eigenvalue weighted by Crippen LogP contribution is 2.02. The van der Waals surface area contributed by atoms with E-state index in [9.17, 15) is 0 Å². The molecule has 0 bridgehead atoms. The van der Waals surface area contributed by atoms with Crippen LogP contribution in [-0.2, 0) is 9.47 Å². The van der Waals surface area contributed by atoms with E-state index in [1.807, 2.05) is 13.8 Å². The van der Waals surface area contributed by atoms with E-state index >= 15 is 0 Å². The van der Waals surface area contributed by atoms with Gasteiger partial charge in [-0.25, -0.2) is 0 Å². The van der Waals surface area contributed by atoms with Crippen molar-refractivity contribution < 1.29 is 9.47 Å². The zero-order valence-electron chi connectivity index (χ0n) is 10.8. The van der Waals surface area contributed by atoms with Crippen LogP contribution in [0.5, 0.6) is 0 Å². The summed E-state index contributed by atoms with van der Waals surface area (Å²) in [6, 6.07) is 0. The van der Waals surface area contributed by atoms with Crippen LogP contribution in [0.25, 0.3) is 0 Å². The molecule has 16 heavy (non-hydrogen) atoms. The van der Waals surface area contributed by atoms with Crippen molar-refractivity contribution in [3.63, 3.8) is 0 Å². The Labute approximate surface area is 99.7 Å². The van der Waals surface area contributed by atoms with E-state index in [0.717, 1.165) is 38.9 Å². The second kappa shape index (κ2) is 11.3. The van der Waals surface area contributed by atoms with E-state index < -0.39 is 0 Å². The van der Waals surface area contributed by atoms with Gasteiger partial charge in [0, 0.05) is 13.2 Å². The second-order valence-electron chi connectivity index (χ2n) is 4.05.